The van der Waals surface area contributed by atoms with Crippen LogP contribution in [0.25, 0.3) is 0 Å². The molecular formula is C15H31NO3. The van der Waals surface area contributed by atoms with Gasteiger partial charge < -0.3 is 19.5 Å². The number of rotatable bonds is 11. The summed E-state index contributed by atoms with van der Waals surface area (Å²) >= 11 is 0. The normalized spacial score (nSPS) is 21.2. The average Bonchev–Trinajstić information content (AvgIpc) is 2.90. The predicted molar refractivity (Wildman–Crippen MR) is 77.5 cm³/mol. The van der Waals surface area contributed by atoms with Crippen molar-refractivity contribution in [3.8, 4) is 0 Å². The molecule has 1 aliphatic heterocycles. The lowest BCUT2D eigenvalue weighted by Crippen LogP contribution is -2.41. The Balaban J connectivity index is 2.10. The second kappa shape index (κ2) is 10.6. The van der Waals surface area contributed by atoms with Crippen molar-refractivity contribution in [1.29, 1.82) is 0 Å². The molecule has 4 heteroatoms. The van der Waals surface area contributed by atoms with E-state index in [1.807, 2.05) is 0 Å². The lowest BCUT2D eigenvalue weighted by atomic mass is 9.99. The van der Waals surface area contributed by atoms with E-state index in [0.29, 0.717) is 31.1 Å². The third-order valence-electron chi connectivity index (χ3n) is 3.31. The second-order valence-electron chi connectivity index (χ2n) is 5.73. The van der Waals surface area contributed by atoms with E-state index in [9.17, 15) is 0 Å². The van der Waals surface area contributed by atoms with E-state index in [1.165, 1.54) is 0 Å². The molecule has 1 N–H and O–H groups in total. The molecule has 19 heavy (non-hydrogen) atoms. The summed E-state index contributed by atoms with van der Waals surface area (Å²) < 4.78 is 16.7. The summed E-state index contributed by atoms with van der Waals surface area (Å²) in [6.07, 6.45) is 2.30. The molecule has 1 rings (SSSR count). The fraction of sp³-hybridized carbons (Fsp3) is 1.00. The van der Waals surface area contributed by atoms with Crippen LogP contribution in [-0.2, 0) is 14.2 Å². The zero-order valence-electron chi connectivity index (χ0n) is 12.8. The van der Waals surface area contributed by atoms with Gasteiger partial charge in [-0.2, -0.15) is 0 Å². The van der Waals surface area contributed by atoms with Crippen LogP contribution in [0.5, 0.6) is 0 Å². The van der Waals surface area contributed by atoms with Gasteiger partial charge in [0.05, 0.1) is 26.4 Å². The molecule has 0 bridgehead atoms. The van der Waals surface area contributed by atoms with Crippen molar-refractivity contribution in [3.63, 3.8) is 0 Å². The van der Waals surface area contributed by atoms with E-state index in [2.05, 4.69) is 26.1 Å². The second-order valence-corrected chi connectivity index (χ2v) is 5.73. The van der Waals surface area contributed by atoms with Crippen LogP contribution in [0.4, 0.5) is 0 Å². The van der Waals surface area contributed by atoms with Crippen molar-refractivity contribution in [2.45, 2.75) is 39.7 Å². The fourth-order valence-corrected chi connectivity index (χ4v) is 2.21. The number of hydrogen-bond acceptors (Lipinski definition) is 4. The van der Waals surface area contributed by atoms with Crippen LogP contribution in [-0.4, -0.2) is 52.2 Å². The van der Waals surface area contributed by atoms with Crippen LogP contribution < -0.4 is 5.32 Å². The molecule has 0 saturated carbocycles. The number of ether oxygens (including phenoxy) is 3. The van der Waals surface area contributed by atoms with Crippen molar-refractivity contribution in [3.05, 3.63) is 0 Å². The Labute approximate surface area is 118 Å². The van der Waals surface area contributed by atoms with Gasteiger partial charge in [0.1, 0.15) is 0 Å². The van der Waals surface area contributed by atoms with Gasteiger partial charge >= 0.3 is 0 Å². The SMILES string of the molecule is CCCNC(COCCOCC(C)C)C1CCOC1. The molecule has 0 aromatic heterocycles. The molecule has 2 atom stereocenters. The van der Waals surface area contributed by atoms with Crippen LogP contribution in [0, 0.1) is 11.8 Å². The van der Waals surface area contributed by atoms with Crippen LogP contribution >= 0.6 is 0 Å². The summed E-state index contributed by atoms with van der Waals surface area (Å²) in [5, 5.41) is 3.57. The minimum atomic E-state index is 0.424. The van der Waals surface area contributed by atoms with E-state index in [4.69, 9.17) is 14.2 Å². The van der Waals surface area contributed by atoms with Crippen LogP contribution in [0.1, 0.15) is 33.6 Å². The lowest BCUT2D eigenvalue weighted by molar-refractivity contribution is 0.0236. The van der Waals surface area contributed by atoms with Crippen LogP contribution in [0.15, 0.2) is 0 Å². The molecular weight excluding hydrogens is 242 g/mol. The average molecular weight is 273 g/mol. The van der Waals surface area contributed by atoms with Gasteiger partial charge in [0, 0.05) is 25.2 Å². The van der Waals surface area contributed by atoms with Gasteiger partial charge in [-0.15, -0.1) is 0 Å². The van der Waals surface area contributed by atoms with Crippen molar-refractivity contribution in [2.24, 2.45) is 11.8 Å². The monoisotopic (exact) mass is 273 g/mol. The Bertz CT molecular complexity index is 206. The maximum Gasteiger partial charge on any atom is 0.0701 e. The van der Waals surface area contributed by atoms with E-state index < -0.39 is 0 Å². The highest BCUT2D eigenvalue weighted by atomic mass is 16.5. The predicted octanol–water partition coefficient (Wildman–Crippen LogP) is 2.08. The highest BCUT2D eigenvalue weighted by molar-refractivity contribution is 4.79. The highest BCUT2D eigenvalue weighted by Gasteiger charge is 2.25. The minimum absolute atomic E-state index is 0.424. The van der Waals surface area contributed by atoms with Gasteiger partial charge in [-0.25, -0.2) is 0 Å². The van der Waals surface area contributed by atoms with E-state index >= 15 is 0 Å². The lowest BCUT2D eigenvalue weighted by Gasteiger charge is -2.23. The largest absolute Gasteiger partial charge is 0.381 e. The molecule has 0 spiro atoms. The molecule has 2 unspecified atom stereocenters. The molecule has 4 nitrogen and oxygen atoms in total. The maximum absolute atomic E-state index is 5.74. The summed E-state index contributed by atoms with van der Waals surface area (Å²) in [6, 6.07) is 0.424. The molecule has 1 heterocycles. The van der Waals surface area contributed by atoms with Crippen molar-refractivity contribution < 1.29 is 14.2 Å². The first kappa shape index (κ1) is 16.9. The smallest absolute Gasteiger partial charge is 0.0701 e. The van der Waals surface area contributed by atoms with E-state index in [0.717, 1.165) is 45.8 Å². The highest BCUT2D eigenvalue weighted by Crippen LogP contribution is 2.17. The van der Waals surface area contributed by atoms with Gasteiger partial charge in [-0.1, -0.05) is 20.8 Å². The topological polar surface area (TPSA) is 39.7 Å². The molecule has 0 radical (unpaired) electrons. The first-order chi connectivity index (χ1) is 9.24. The van der Waals surface area contributed by atoms with Gasteiger partial charge in [-0.3, -0.25) is 0 Å². The van der Waals surface area contributed by atoms with Crippen molar-refractivity contribution >= 4 is 0 Å². The summed E-state index contributed by atoms with van der Waals surface area (Å²) in [7, 11) is 0. The van der Waals surface area contributed by atoms with E-state index in [1.54, 1.807) is 0 Å². The summed E-state index contributed by atoms with van der Waals surface area (Å²) in [6.45, 7) is 12.3. The van der Waals surface area contributed by atoms with Crippen LogP contribution in [0.2, 0.25) is 0 Å². The fourth-order valence-electron chi connectivity index (χ4n) is 2.21. The van der Waals surface area contributed by atoms with Crippen molar-refractivity contribution in [2.75, 3.05) is 46.2 Å². The summed E-state index contributed by atoms with van der Waals surface area (Å²) in [4.78, 5) is 0. The molecule has 0 amide bonds. The number of hydrogen-bond donors (Lipinski definition) is 1. The zero-order valence-corrected chi connectivity index (χ0v) is 12.8. The Kier molecular flexibility index (Phi) is 9.43. The third kappa shape index (κ3) is 7.88. The molecule has 0 aromatic rings. The first-order valence-electron chi connectivity index (χ1n) is 7.70. The maximum atomic E-state index is 5.74. The van der Waals surface area contributed by atoms with Gasteiger partial charge in [-0.05, 0) is 25.3 Å². The van der Waals surface area contributed by atoms with Gasteiger partial charge in [0.2, 0.25) is 0 Å². The minimum Gasteiger partial charge on any atom is -0.381 e. The molecule has 1 fully saturated rings. The molecule has 1 saturated heterocycles. The van der Waals surface area contributed by atoms with E-state index in [-0.39, 0.29) is 0 Å². The van der Waals surface area contributed by atoms with Crippen LogP contribution in [0.3, 0.4) is 0 Å². The summed E-state index contributed by atoms with van der Waals surface area (Å²) in [5.41, 5.74) is 0. The molecule has 114 valence electrons. The van der Waals surface area contributed by atoms with Gasteiger partial charge in [0.25, 0.3) is 0 Å². The Morgan fingerprint density at radius 2 is 1.95 bits per heavy atom. The number of nitrogens with one attached hydrogen (secondary N) is 1. The Morgan fingerprint density at radius 1 is 1.21 bits per heavy atom. The standard InChI is InChI=1S/C15H31NO3/c1-4-6-16-15(14-5-7-17-11-14)12-19-9-8-18-10-13(2)3/h13-16H,4-12H2,1-3H3. The first-order valence-corrected chi connectivity index (χ1v) is 7.70. The quantitative estimate of drug-likeness (QED) is 0.585. The van der Waals surface area contributed by atoms with Crippen molar-refractivity contribution in [1.82, 2.24) is 5.32 Å². The Morgan fingerprint density at radius 3 is 2.53 bits per heavy atom. The van der Waals surface area contributed by atoms with Gasteiger partial charge in [0.15, 0.2) is 0 Å². The zero-order chi connectivity index (χ0) is 13.9. The molecule has 0 aliphatic carbocycles. The molecule has 0 aromatic carbocycles. The third-order valence-corrected chi connectivity index (χ3v) is 3.31. The Hall–Kier alpha value is -0.160. The summed E-state index contributed by atoms with van der Waals surface area (Å²) in [5.74, 6) is 1.19. The molecule has 1 aliphatic rings.